The Balaban J connectivity index is 2.12. The minimum Gasteiger partial charge on any atom is -0.366 e. The van der Waals surface area contributed by atoms with Crippen molar-refractivity contribution in [1.82, 2.24) is 0 Å². The van der Waals surface area contributed by atoms with Crippen LogP contribution in [-0.4, -0.2) is 5.91 Å². The van der Waals surface area contributed by atoms with E-state index >= 15 is 0 Å². The molecule has 0 fully saturated rings. The number of carbonyl (C=O) groups is 1. The average molecular weight is 279 g/mol. The Labute approximate surface area is 114 Å². The van der Waals surface area contributed by atoms with E-state index in [4.69, 9.17) is 5.73 Å². The molecule has 0 aliphatic carbocycles. The summed E-state index contributed by atoms with van der Waals surface area (Å²) in [5, 5.41) is 0. The molecule has 0 spiro atoms. The summed E-state index contributed by atoms with van der Waals surface area (Å²) in [5.41, 5.74) is 6.54. The predicted octanol–water partition coefficient (Wildman–Crippen LogP) is 3.40. The molecule has 0 aliphatic heterocycles. The quantitative estimate of drug-likeness (QED) is 0.919. The van der Waals surface area contributed by atoms with Crippen molar-refractivity contribution in [2.24, 2.45) is 5.73 Å². The Bertz CT molecular complexity index is 601. The highest BCUT2D eigenvalue weighted by molar-refractivity contribution is 5.92. The van der Waals surface area contributed by atoms with E-state index in [0.29, 0.717) is 12.0 Å². The number of benzene rings is 2. The minimum atomic E-state index is -4.32. The standard InChI is InChI=1S/C15H12F3NO/c16-15(17,18)13-7-3-11(4-8-13)9-10-1-5-12(6-2-10)14(19)20/h1-8H,9H2,(H2,19,20). The van der Waals surface area contributed by atoms with Gasteiger partial charge in [0.2, 0.25) is 5.91 Å². The molecule has 0 aromatic heterocycles. The van der Waals surface area contributed by atoms with Crippen LogP contribution in [0.15, 0.2) is 48.5 Å². The van der Waals surface area contributed by atoms with Crippen LogP contribution in [0.25, 0.3) is 0 Å². The molecule has 0 unspecified atom stereocenters. The van der Waals surface area contributed by atoms with Crippen LogP contribution in [0, 0.1) is 0 Å². The number of primary amides is 1. The first-order valence-corrected chi connectivity index (χ1v) is 5.91. The van der Waals surface area contributed by atoms with Gasteiger partial charge in [-0.05, 0) is 41.8 Å². The van der Waals surface area contributed by atoms with Gasteiger partial charge in [-0.1, -0.05) is 24.3 Å². The van der Waals surface area contributed by atoms with Crippen LogP contribution >= 0.6 is 0 Å². The summed E-state index contributed by atoms with van der Waals surface area (Å²) < 4.78 is 37.3. The van der Waals surface area contributed by atoms with Gasteiger partial charge in [-0.25, -0.2) is 0 Å². The van der Waals surface area contributed by atoms with Crippen molar-refractivity contribution in [3.63, 3.8) is 0 Å². The molecule has 2 N–H and O–H groups in total. The maximum absolute atomic E-state index is 12.4. The van der Waals surface area contributed by atoms with Gasteiger partial charge in [0.25, 0.3) is 0 Å². The van der Waals surface area contributed by atoms with Crippen LogP contribution in [0.3, 0.4) is 0 Å². The fourth-order valence-corrected chi connectivity index (χ4v) is 1.83. The van der Waals surface area contributed by atoms with Crippen molar-refractivity contribution in [3.8, 4) is 0 Å². The molecule has 5 heteroatoms. The lowest BCUT2D eigenvalue weighted by atomic mass is 10.0. The molecular formula is C15H12F3NO. The SMILES string of the molecule is NC(=O)c1ccc(Cc2ccc(C(F)(F)F)cc2)cc1. The van der Waals surface area contributed by atoms with Gasteiger partial charge in [0.05, 0.1) is 5.56 Å². The van der Waals surface area contributed by atoms with Crippen molar-refractivity contribution in [2.45, 2.75) is 12.6 Å². The minimum absolute atomic E-state index is 0.404. The second-order valence-corrected chi connectivity index (χ2v) is 4.43. The molecule has 0 saturated carbocycles. The number of carbonyl (C=O) groups excluding carboxylic acids is 1. The van der Waals surface area contributed by atoms with Crippen LogP contribution in [0.1, 0.15) is 27.0 Å². The number of hydrogen-bond acceptors (Lipinski definition) is 1. The summed E-state index contributed by atoms with van der Waals surface area (Å²) in [6.07, 6.45) is -3.82. The highest BCUT2D eigenvalue weighted by Crippen LogP contribution is 2.29. The van der Waals surface area contributed by atoms with Crippen LogP contribution in [0.2, 0.25) is 0 Å². The molecular weight excluding hydrogens is 267 g/mol. The molecule has 0 heterocycles. The third-order valence-electron chi connectivity index (χ3n) is 2.93. The third kappa shape index (κ3) is 3.38. The number of hydrogen-bond donors (Lipinski definition) is 1. The summed E-state index contributed by atoms with van der Waals surface area (Å²) in [4.78, 5) is 10.9. The summed E-state index contributed by atoms with van der Waals surface area (Å²) in [6.45, 7) is 0. The highest BCUT2D eigenvalue weighted by Gasteiger charge is 2.29. The Morgan fingerprint density at radius 1 is 0.900 bits per heavy atom. The summed E-state index contributed by atoms with van der Waals surface area (Å²) >= 11 is 0. The monoisotopic (exact) mass is 279 g/mol. The largest absolute Gasteiger partial charge is 0.416 e. The fourth-order valence-electron chi connectivity index (χ4n) is 1.83. The van der Waals surface area contributed by atoms with Crippen molar-refractivity contribution < 1.29 is 18.0 Å². The second kappa shape index (κ2) is 5.36. The summed E-state index contributed by atoms with van der Waals surface area (Å²) in [7, 11) is 0. The molecule has 20 heavy (non-hydrogen) atoms. The molecule has 2 rings (SSSR count). The normalized spacial score (nSPS) is 11.3. The zero-order valence-corrected chi connectivity index (χ0v) is 10.4. The Hall–Kier alpha value is -2.30. The van der Waals surface area contributed by atoms with Crippen molar-refractivity contribution >= 4 is 5.91 Å². The lowest BCUT2D eigenvalue weighted by molar-refractivity contribution is -0.137. The van der Waals surface area contributed by atoms with Crippen LogP contribution in [0.5, 0.6) is 0 Å². The van der Waals surface area contributed by atoms with Gasteiger partial charge >= 0.3 is 6.18 Å². The molecule has 0 bridgehead atoms. The molecule has 2 nitrogen and oxygen atoms in total. The van der Waals surface area contributed by atoms with E-state index in [1.54, 1.807) is 24.3 Å². The first-order chi connectivity index (χ1) is 9.36. The first kappa shape index (κ1) is 14.1. The highest BCUT2D eigenvalue weighted by atomic mass is 19.4. The summed E-state index contributed by atoms with van der Waals surface area (Å²) in [5.74, 6) is -0.508. The molecule has 2 aromatic carbocycles. The summed E-state index contributed by atoms with van der Waals surface area (Å²) in [6, 6.07) is 11.7. The second-order valence-electron chi connectivity index (χ2n) is 4.43. The van der Waals surface area contributed by atoms with E-state index in [2.05, 4.69) is 0 Å². The third-order valence-corrected chi connectivity index (χ3v) is 2.93. The Morgan fingerprint density at radius 3 is 1.75 bits per heavy atom. The van der Waals surface area contributed by atoms with E-state index in [1.807, 2.05) is 0 Å². The smallest absolute Gasteiger partial charge is 0.366 e. The van der Waals surface area contributed by atoms with Gasteiger partial charge in [-0.15, -0.1) is 0 Å². The van der Waals surface area contributed by atoms with E-state index < -0.39 is 17.6 Å². The topological polar surface area (TPSA) is 43.1 Å². The van der Waals surface area contributed by atoms with E-state index in [1.165, 1.54) is 12.1 Å². The van der Waals surface area contributed by atoms with E-state index in [0.717, 1.165) is 23.3 Å². The van der Waals surface area contributed by atoms with Crippen LogP contribution in [0.4, 0.5) is 13.2 Å². The molecule has 104 valence electrons. The van der Waals surface area contributed by atoms with Gasteiger partial charge in [-0.3, -0.25) is 4.79 Å². The molecule has 1 amide bonds. The van der Waals surface area contributed by atoms with Gasteiger partial charge in [-0.2, -0.15) is 13.2 Å². The number of nitrogens with two attached hydrogens (primary N) is 1. The van der Waals surface area contributed by atoms with Crippen LogP contribution in [-0.2, 0) is 12.6 Å². The number of amides is 1. The maximum Gasteiger partial charge on any atom is 0.416 e. The molecule has 0 saturated heterocycles. The van der Waals surface area contributed by atoms with E-state index in [-0.39, 0.29) is 0 Å². The number of alkyl halides is 3. The van der Waals surface area contributed by atoms with Crippen LogP contribution < -0.4 is 5.73 Å². The zero-order chi connectivity index (χ0) is 14.8. The van der Waals surface area contributed by atoms with Gasteiger partial charge < -0.3 is 5.73 Å². The van der Waals surface area contributed by atoms with Gasteiger partial charge in [0.15, 0.2) is 0 Å². The van der Waals surface area contributed by atoms with Gasteiger partial charge in [0.1, 0.15) is 0 Å². The van der Waals surface area contributed by atoms with Crippen molar-refractivity contribution in [2.75, 3.05) is 0 Å². The fraction of sp³-hybridized carbons (Fsp3) is 0.133. The molecule has 0 aliphatic rings. The Kier molecular flexibility index (Phi) is 3.79. The van der Waals surface area contributed by atoms with Crippen molar-refractivity contribution in [3.05, 3.63) is 70.8 Å². The molecule has 2 aromatic rings. The Morgan fingerprint density at radius 2 is 1.35 bits per heavy atom. The van der Waals surface area contributed by atoms with Crippen molar-refractivity contribution in [1.29, 1.82) is 0 Å². The average Bonchev–Trinajstić information content (AvgIpc) is 2.39. The van der Waals surface area contributed by atoms with Gasteiger partial charge in [0, 0.05) is 5.56 Å². The number of halogens is 3. The first-order valence-electron chi connectivity index (χ1n) is 5.91. The molecule has 0 radical (unpaired) electrons. The van der Waals surface area contributed by atoms with E-state index in [9.17, 15) is 18.0 Å². The lowest BCUT2D eigenvalue weighted by Crippen LogP contribution is -2.10. The maximum atomic E-state index is 12.4. The zero-order valence-electron chi connectivity index (χ0n) is 10.4. The number of rotatable bonds is 3. The predicted molar refractivity (Wildman–Crippen MR) is 69.2 cm³/mol. The lowest BCUT2D eigenvalue weighted by Gasteiger charge is -2.08. The molecule has 0 atom stereocenters.